The summed E-state index contributed by atoms with van der Waals surface area (Å²) in [6.07, 6.45) is 1.28. The van der Waals surface area contributed by atoms with Gasteiger partial charge in [-0.2, -0.15) is 0 Å². The van der Waals surface area contributed by atoms with Gasteiger partial charge in [-0.3, -0.25) is 14.4 Å². The maximum atomic E-state index is 12.9. The van der Waals surface area contributed by atoms with Crippen molar-refractivity contribution in [2.75, 3.05) is 21.6 Å². The molecule has 7 nitrogen and oxygen atoms in total. The monoisotopic (exact) mass is 496 g/mol. The molecular weight excluding hydrogens is 475 g/mol. The van der Waals surface area contributed by atoms with E-state index >= 15 is 0 Å². The average molecular weight is 497 g/mol. The van der Waals surface area contributed by atoms with Crippen LogP contribution >= 0.6 is 46.3 Å². The molecule has 1 aromatic carbocycles. The van der Waals surface area contributed by atoms with Gasteiger partial charge in [0.2, 0.25) is 21.1 Å². The highest BCUT2D eigenvalue weighted by atomic mass is 35.5. The van der Waals surface area contributed by atoms with E-state index in [0.717, 1.165) is 20.7 Å². The van der Waals surface area contributed by atoms with E-state index in [2.05, 4.69) is 29.4 Å². The third kappa shape index (κ3) is 6.71. The number of hydrogen-bond donors (Lipinski definition) is 1. The highest BCUT2D eigenvalue weighted by Gasteiger charge is 2.32. The fraction of sp³-hybridized carbons (Fsp3) is 0.471. The molecule has 0 spiro atoms. The Balaban J connectivity index is 2.25. The standard InChI is InChI=1S/C17H22Cl2N4O3S3/c1-5-14(15(24)20-16-21-22-17(28-16)27-9-10(2)3)23(29(4,25)26)11-6-7-12(18)13(19)8-11/h6-8,10,14H,5,9H2,1-4H3,(H,20,21,24). The van der Waals surface area contributed by atoms with Gasteiger partial charge in [0, 0.05) is 5.75 Å². The third-order valence-electron chi connectivity index (χ3n) is 3.66. The number of carbonyl (C=O) groups excluding carboxylic acids is 1. The van der Waals surface area contributed by atoms with Gasteiger partial charge in [-0.1, -0.05) is 67.1 Å². The smallest absolute Gasteiger partial charge is 0.250 e. The van der Waals surface area contributed by atoms with Crippen molar-refractivity contribution in [3.63, 3.8) is 0 Å². The van der Waals surface area contributed by atoms with Crippen molar-refractivity contribution >= 4 is 73.0 Å². The molecule has 1 amide bonds. The molecule has 0 aliphatic carbocycles. The summed E-state index contributed by atoms with van der Waals surface area (Å²) in [5.74, 6) is 0.890. The predicted octanol–water partition coefficient (Wildman–Crippen LogP) is 4.78. The molecule has 0 bridgehead atoms. The third-order valence-corrected chi connectivity index (χ3v) is 7.98. The zero-order valence-electron chi connectivity index (χ0n) is 16.3. The number of sulfonamides is 1. The Hall–Kier alpha value is -1.07. The van der Waals surface area contributed by atoms with Gasteiger partial charge >= 0.3 is 0 Å². The lowest BCUT2D eigenvalue weighted by Crippen LogP contribution is -2.47. The lowest BCUT2D eigenvalue weighted by Gasteiger charge is -2.30. The van der Waals surface area contributed by atoms with Crippen LogP contribution in [0.5, 0.6) is 0 Å². The molecule has 0 aliphatic heterocycles. The Kier molecular flexibility index (Phi) is 8.59. The van der Waals surface area contributed by atoms with E-state index in [-0.39, 0.29) is 17.1 Å². The van der Waals surface area contributed by atoms with E-state index in [1.165, 1.54) is 29.5 Å². The summed E-state index contributed by atoms with van der Waals surface area (Å²) < 4.78 is 26.7. The number of benzene rings is 1. The Morgan fingerprint density at radius 1 is 1.28 bits per heavy atom. The summed E-state index contributed by atoms with van der Waals surface area (Å²) >= 11 is 14.8. The molecule has 1 atom stereocenters. The van der Waals surface area contributed by atoms with Crippen LogP contribution in [0, 0.1) is 5.92 Å². The van der Waals surface area contributed by atoms with Crippen LogP contribution in [0.15, 0.2) is 22.5 Å². The van der Waals surface area contributed by atoms with Crippen LogP contribution in [0.25, 0.3) is 0 Å². The van der Waals surface area contributed by atoms with Gasteiger partial charge in [0.1, 0.15) is 6.04 Å². The number of halogens is 2. The predicted molar refractivity (Wildman–Crippen MR) is 122 cm³/mol. The topological polar surface area (TPSA) is 92.3 Å². The average Bonchev–Trinajstić information content (AvgIpc) is 3.06. The summed E-state index contributed by atoms with van der Waals surface area (Å²) in [4.78, 5) is 12.9. The van der Waals surface area contributed by atoms with Crippen molar-refractivity contribution in [2.45, 2.75) is 37.6 Å². The van der Waals surface area contributed by atoms with Crippen LogP contribution in [0.2, 0.25) is 10.0 Å². The molecule has 1 N–H and O–H groups in total. The Bertz CT molecular complexity index is 967. The molecule has 0 saturated heterocycles. The number of thioether (sulfide) groups is 1. The van der Waals surface area contributed by atoms with E-state index in [0.29, 0.717) is 16.1 Å². The van der Waals surface area contributed by atoms with E-state index in [1.807, 2.05) is 0 Å². The maximum Gasteiger partial charge on any atom is 0.250 e. The second kappa shape index (κ2) is 10.3. The van der Waals surface area contributed by atoms with Crippen molar-refractivity contribution in [3.05, 3.63) is 28.2 Å². The van der Waals surface area contributed by atoms with Crippen LogP contribution in [-0.2, 0) is 14.8 Å². The minimum atomic E-state index is -3.78. The highest BCUT2D eigenvalue weighted by Crippen LogP contribution is 2.31. The van der Waals surface area contributed by atoms with Gasteiger partial charge < -0.3 is 0 Å². The molecule has 0 saturated carbocycles. The van der Waals surface area contributed by atoms with Crippen LogP contribution in [0.1, 0.15) is 27.2 Å². The Morgan fingerprint density at radius 3 is 2.52 bits per heavy atom. The molecule has 1 aromatic heterocycles. The fourth-order valence-corrected chi connectivity index (χ4v) is 5.66. The van der Waals surface area contributed by atoms with Crippen LogP contribution in [0.3, 0.4) is 0 Å². The molecule has 2 rings (SSSR count). The second-order valence-corrected chi connectivity index (χ2v) is 11.6. The minimum absolute atomic E-state index is 0.198. The number of aromatic nitrogens is 2. The first-order valence-electron chi connectivity index (χ1n) is 8.74. The molecule has 1 unspecified atom stereocenters. The van der Waals surface area contributed by atoms with Gasteiger partial charge in [-0.15, -0.1) is 10.2 Å². The largest absolute Gasteiger partial charge is 0.299 e. The quantitative estimate of drug-likeness (QED) is 0.396. The fourth-order valence-electron chi connectivity index (χ4n) is 2.43. The van der Waals surface area contributed by atoms with Gasteiger partial charge in [-0.25, -0.2) is 8.42 Å². The van der Waals surface area contributed by atoms with E-state index in [9.17, 15) is 13.2 Å². The number of anilines is 2. The first kappa shape index (κ1) is 24.2. The minimum Gasteiger partial charge on any atom is -0.299 e. The molecule has 0 fully saturated rings. The van der Waals surface area contributed by atoms with Crippen molar-refractivity contribution < 1.29 is 13.2 Å². The van der Waals surface area contributed by atoms with Crippen molar-refractivity contribution in [2.24, 2.45) is 5.92 Å². The molecule has 160 valence electrons. The van der Waals surface area contributed by atoms with E-state index < -0.39 is 22.0 Å². The molecule has 29 heavy (non-hydrogen) atoms. The van der Waals surface area contributed by atoms with Crippen molar-refractivity contribution in [3.8, 4) is 0 Å². The summed E-state index contributed by atoms with van der Waals surface area (Å²) in [6.45, 7) is 5.93. The zero-order valence-corrected chi connectivity index (χ0v) is 20.3. The van der Waals surface area contributed by atoms with Crippen molar-refractivity contribution in [1.29, 1.82) is 0 Å². The number of amides is 1. The van der Waals surface area contributed by atoms with Crippen LogP contribution in [0.4, 0.5) is 10.8 Å². The number of nitrogens with zero attached hydrogens (tertiary/aromatic N) is 3. The molecule has 0 aliphatic rings. The normalized spacial score (nSPS) is 12.8. The van der Waals surface area contributed by atoms with Gasteiger partial charge in [0.25, 0.3) is 0 Å². The molecule has 0 radical (unpaired) electrons. The van der Waals surface area contributed by atoms with Gasteiger partial charge in [0.15, 0.2) is 4.34 Å². The number of rotatable bonds is 9. The highest BCUT2D eigenvalue weighted by molar-refractivity contribution is 8.01. The lowest BCUT2D eigenvalue weighted by molar-refractivity contribution is -0.117. The van der Waals surface area contributed by atoms with Crippen molar-refractivity contribution in [1.82, 2.24) is 10.2 Å². The molecular formula is C17H22Cl2N4O3S3. The number of hydrogen-bond acceptors (Lipinski definition) is 7. The first-order valence-corrected chi connectivity index (χ1v) is 13.1. The zero-order chi connectivity index (χ0) is 21.8. The Morgan fingerprint density at radius 2 is 1.97 bits per heavy atom. The van der Waals surface area contributed by atoms with Crippen LogP contribution in [-0.4, -0.2) is 42.6 Å². The molecule has 12 heteroatoms. The molecule has 2 aromatic rings. The van der Waals surface area contributed by atoms with Gasteiger partial charge in [0.05, 0.1) is 22.0 Å². The summed E-state index contributed by atoms with van der Waals surface area (Å²) in [6, 6.07) is 3.44. The maximum absolute atomic E-state index is 12.9. The number of carbonyl (C=O) groups is 1. The summed E-state index contributed by atoms with van der Waals surface area (Å²) in [7, 11) is -3.78. The molecule has 1 heterocycles. The summed E-state index contributed by atoms with van der Waals surface area (Å²) in [5, 5.41) is 11.5. The SMILES string of the molecule is CCC(C(=O)Nc1nnc(SCC(C)C)s1)N(c1ccc(Cl)c(Cl)c1)S(C)(=O)=O. The first-order chi connectivity index (χ1) is 13.5. The van der Waals surface area contributed by atoms with E-state index in [1.54, 1.807) is 18.7 Å². The second-order valence-electron chi connectivity index (χ2n) is 6.65. The Labute approximate surface area is 189 Å². The lowest BCUT2D eigenvalue weighted by atomic mass is 10.2. The summed E-state index contributed by atoms with van der Waals surface area (Å²) in [5.41, 5.74) is 0.259. The van der Waals surface area contributed by atoms with E-state index in [4.69, 9.17) is 23.2 Å². The van der Waals surface area contributed by atoms with Crippen LogP contribution < -0.4 is 9.62 Å². The van der Waals surface area contributed by atoms with Gasteiger partial charge in [-0.05, 0) is 30.5 Å². The number of nitrogens with one attached hydrogen (secondary N) is 1.